The van der Waals surface area contributed by atoms with Gasteiger partial charge in [-0.3, -0.25) is 15.0 Å². The van der Waals surface area contributed by atoms with E-state index in [1.807, 2.05) is 37.1 Å². The predicted octanol–water partition coefficient (Wildman–Crippen LogP) is 3.11. The van der Waals surface area contributed by atoms with Crippen molar-refractivity contribution in [3.05, 3.63) is 66.0 Å². The number of nitrogens with zero attached hydrogens (tertiary/aromatic N) is 5. The first-order valence-electron chi connectivity index (χ1n) is 8.85. The standard InChI is InChI=1S/C20H15N5/c1-2-14-12(23-4-1)7-16-19-15-6-11-8-21-5-3-13(11)24(15)17-9-22-10-18(20(17)19)25(14)16/h1-5,8-10,15-16,19H,6-7H2. The minimum atomic E-state index is 0.458. The summed E-state index contributed by atoms with van der Waals surface area (Å²) in [6.07, 6.45) is 12.0. The Morgan fingerprint density at radius 3 is 2.56 bits per heavy atom. The Hall–Kier alpha value is -2.95. The molecule has 0 N–H and O–H groups in total. The third kappa shape index (κ3) is 1.29. The number of anilines is 4. The van der Waals surface area contributed by atoms with Crippen LogP contribution in [0.5, 0.6) is 0 Å². The van der Waals surface area contributed by atoms with Crippen LogP contribution in [-0.2, 0) is 12.8 Å². The summed E-state index contributed by atoms with van der Waals surface area (Å²) >= 11 is 0. The van der Waals surface area contributed by atoms with Crippen molar-refractivity contribution in [1.82, 2.24) is 15.0 Å². The average molecular weight is 325 g/mol. The summed E-state index contributed by atoms with van der Waals surface area (Å²) in [5, 5.41) is 0. The molecule has 3 aromatic rings. The Morgan fingerprint density at radius 1 is 0.800 bits per heavy atom. The van der Waals surface area contributed by atoms with Crippen LogP contribution in [0.1, 0.15) is 22.7 Å². The molecule has 5 nitrogen and oxygen atoms in total. The summed E-state index contributed by atoms with van der Waals surface area (Å²) in [7, 11) is 0. The molecule has 0 saturated carbocycles. The second-order valence-electron chi connectivity index (χ2n) is 7.37. The zero-order valence-corrected chi connectivity index (χ0v) is 13.5. The van der Waals surface area contributed by atoms with Crippen LogP contribution >= 0.6 is 0 Å². The van der Waals surface area contributed by atoms with Crippen LogP contribution in [-0.4, -0.2) is 27.0 Å². The second-order valence-corrected chi connectivity index (χ2v) is 7.37. The van der Waals surface area contributed by atoms with Gasteiger partial charge in [-0.15, -0.1) is 0 Å². The molecule has 0 amide bonds. The van der Waals surface area contributed by atoms with Crippen molar-refractivity contribution in [3.63, 3.8) is 0 Å². The molecule has 120 valence electrons. The van der Waals surface area contributed by atoms with Crippen LogP contribution in [0.15, 0.2) is 49.2 Å². The van der Waals surface area contributed by atoms with Crippen LogP contribution in [0.2, 0.25) is 0 Å². The fourth-order valence-corrected chi connectivity index (χ4v) is 5.59. The maximum absolute atomic E-state index is 4.64. The van der Waals surface area contributed by atoms with Crippen LogP contribution < -0.4 is 9.80 Å². The molecule has 0 fully saturated rings. The van der Waals surface area contributed by atoms with Gasteiger partial charge >= 0.3 is 0 Å². The van der Waals surface area contributed by atoms with Gasteiger partial charge in [-0.1, -0.05) is 0 Å². The first-order chi connectivity index (χ1) is 12.4. The lowest BCUT2D eigenvalue weighted by Gasteiger charge is -2.29. The van der Waals surface area contributed by atoms with Crippen LogP contribution in [0.25, 0.3) is 0 Å². The van der Waals surface area contributed by atoms with E-state index < -0.39 is 0 Å². The molecule has 4 aliphatic heterocycles. The topological polar surface area (TPSA) is 45.2 Å². The molecule has 0 saturated heterocycles. The molecule has 0 radical (unpaired) electrons. The largest absolute Gasteiger partial charge is 0.335 e. The van der Waals surface area contributed by atoms with E-state index in [0.717, 1.165) is 12.8 Å². The third-order valence-corrected chi connectivity index (χ3v) is 6.38. The van der Waals surface area contributed by atoms with E-state index in [1.165, 1.54) is 39.6 Å². The number of aromatic nitrogens is 3. The van der Waals surface area contributed by atoms with Crippen molar-refractivity contribution < 1.29 is 0 Å². The summed E-state index contributed by atoms with van der Waals surface area (Å²) in [6, 6.07) is 7.33. The van der Waals surface area contributed by atoms with Gasteiger partial charge in [0.2, 0.25) is 0 Å². The normalized spacial score (nSPS) is 26.3. The summed E-state index contributed by atoms with van der Waals surface area (Å²) in [4.78, 5) is 18.6. The average Bonchev–Trinajstić information content (AvgIpc) is 3.35. The quantitative estimate of drug-likeness (QED) is 0.635. The highest BCUT2D eigenvalue weighted by molar-refractivity contribution is 5.88. The smallest absolute Gasteiger partial charge is 0.0661 e. The van der Waals surface area contributed by atoms with Crippen molar-refractivity contribution in [2.24, 2.45) is 0 Å². The maximum atomic E-state index is 4.64. The molecule has 0 aliphatic carbocycles. The number of hydrogen-bond acceptors (Lipinski definition) is 5. The highest BCUT2D eigenvalue weighted by Gasteiger charge is 2.56. The van der Waals surface area contributed by atoms with E-state index in [9.17, 15) is 0 Å². The molecule has 0 bridgehead atoms. The summed E-state index contributed by atoms with van der Waals surface area (Å²) < 4.78 is 0. The molecule has 3 unspecified atom stereocenters. The first kappa shape index (κ1) is 12.4. The van der Waals surface area contributed by atoms with Gasteiger partial charge in [0.15, 0.2) is 0 Å². The van der Waals surface area contributed by atoms with Crippen LogP contribution in [0.3, 0.4) is 0 Å². The SMILES string of the molecule is c1cnc2c(c1)N1c3cncc4c3C(C3Cc5cnccc5N43)C1C2. The zero-order valence-electron chi connectivity index (χ0n) is 13.5. The fourth-order valence-electron chi connectivity index (χ4n) is 5.59. The Labute approximate surface area is 145 Å². The monoisotopic (exact) mass is 325 g/mol. The van der Waals surface area contributed by atoms with Crippen molar-refractivity contribution in [1.29, 1.82) is 0 Å². The third-order valence-electron chi connectivity index (χ3n) is 6.38. The number of hydrogen-bond donors (Lipinski definition) is 0. The Bertz CT molecular complexity index is 982. The van der Waals surface area contributed by atoms with Crippen LogP contribution in [0, 0.1) is 0 Å². The Morgan fingerprint density at radius 2 is 1.64 bits per heavy atom. The molecule has 7 rings (SSSR count). The van der Waals surface area contributed by atoms with E-state index in [-0.39, 0.29) is 0 Å². The maximum Gasteiger partial charge on any atom is 0.0661 e. The Balaban J connectivity index is 1.48. The van der Waals surface area contributed by atoms with Gasteiger partial charge in [-0.25, -0.2) is 0 Å². The van der Waals surface area contributed by atoms with E-state index in [4.69, 9.17) is 0 Å². The lowest BCUT2D eigenvalue weighted by Crippen LogP contribution is -2.37. The Kier molecular flexibility index (Phi) is 1.98. The van der Waals surface area contributed by atoms with Gasteiger partial charge in [0.05, 0.1) is 35.1 Å². The van der Waals surface area contributed by atoms with Crippen molar-refractivity contribution in [2.75, 3.05) is 9.80 Å². The van der Waals surface area contributed by atoms with E-state index >= 15 is 0 Å². The predicted molar refractivity (Wildman–Crippen MR) is 94.7 cm³/mol. The summed E-state index contributed by atoms with van der Waals surface area (Å²) in [5.41, 5.74) is 9.21. The number of rotatable bonds is 0. The van der Waals surface area contributed by atoms with Crippen molar-refractivity contribution >= 4 is 22.7 Å². The van der Waals surface area contributed by atoms with E-state index in [1.54, 1.807) is 0 Å². The van der Waals surface area contributed by atoms with Gasteiger partial charge in [0.1, 0.15) is 0 Å². The zero-order chi connectivity index (χ0) is 16.1. The second kappa shape index (κ2) is 3.99. The molecule has 0 aromatic carbocycles. The first-order valence-corrected chi connectivity index (χ1v) is 8.85. The highest BCUT2D eigenvalue weighted by atomic mass is 15.3. The number of pyridine rings is 3. The minimum absolute atomic E-state index is 0.458. The van der Waals surface area contributed by atoms with Crippen LogP contribution in [0.4, 0.5) is 22.7 Å². The summed E-state index contributed by atoms with van der Waals surface area (Å²) in [5.74, 6) is 0.509. The van der Waals surface area contributed by atoms with E-state index in [0.29, 0.717) is 18.0 Å². The number of fused-ring (bicyclic) bond motifs is 10. The van der Waals surface area contributed by atoms with E-state index in [2.05, 4.69) is 36.9 Å². The molecule has 7 heterocycles. The van der Waals surface area contributed by atoms with Gasteiger partial charge in [0.25, 0.3) is 0 Å². The molecule has 3 aromatic heterocycles. The van der Waals surface area contributed by atoms with Gasteiger partial charge in [0, 0.05) is 54.3 Å². The molecule has 25 heavy (non-hydrogen) atoms. The molecule has 5 heteroatoms. The molecular weight excluding hydrogens is 310 g/mol. The van der Waals surface area contributed by atoms with Gasteiger partial charge in [-0.2, -0.15) is 0 Å². The van der Waals surface area contributed by atoms with Gasteiger partial charge in [-0.05, 0) is 30.2 Å². The highest BCUT2D eigenvalue weighted by Crippen LogP contribution is 2.62. The molecule has 0 spiro atoms. The fraction of sp³-hybridized carbons (Fsp3) is 0.250. The summed E-state index contributed by atoms with van der Waals surface area (Å²) in [6.45, 7) is 0. The molecule has 3 atom stereocenters. The lowest BCUT2D eigenvalue weighted by molar-refractivity contribution is 0.502. The molecule has 4 aliphatic rings. The van der Waals surface area contributed by atoms with Gasteiger partial charge < -0.3 is 9.80 Å². The van der Waals surface area contributed by atoms with Crippen molar-refractivity contribution in [2.45, 2.75) is 30.8 Å². The van der Waals surface area contributed by atoms with Crippen molar-refractivity contribution in [3.8, 4) is 0 Å². The lowest BCUT2D eigenvalue weighted by atomic mass is 9.87. The molecular formula is C20H15N5. The minimum Gasteiger partial charge on any atom is -0.335 e.